The summed E-state index contributed by atoms with van der Waals surface area (Å²) in [6.07, 6.45) is 7.17. The summed E-state index contributed by atoms with van der Waals surface area (Å²) in [5, 5.41) is 10.9. The minimum absolute atomic E-state index is 0.688. The van der Waals surface area contributed by atoms with Gasteiger partial charge in [-0.25, -0.2) is 0 Å². The van der Waals surface area contributed by atoms with E-state index in [0.29, 0.717) is 6.61 Å². The molecular formula is C16H26N2O2. The second-order valence-corrected chi connectivity index (χ2v) is 5.63. The number of likely N-dealkylation sites (tertiary alicyclic amines) is 1. The van der Waals surface area contributed by atoms with Crippen molar-refractivity contribution in [1.82, 2.24) is 9.88 Å². The second-order valence-electron chi connectivity index (χ2n) is 5.63. The van der Waals surface area contributed by atoms with Gasteiger partial charge < -0.3 is 14.7 Å². The molecule has 0 bridgehead atoms. The quantitative estimate of drug-likeness (QED) is 0.868. The van der Waals surface area contributed by atoms with E-state index < -0.39 is 5.60 Å². The molecule has 0 saturated carbocycles. The number of pyridine rings is 1. The summed E-state index contributed by atoms with van der Waals surface area (Å²) in [4.78, 5) is 6.63. The molecule has 1 N–H and O–H groups in total. The standard InChI is InChI=1S/C16H26N2O2/c1-3-7-18-8-5-16(19,6-9-18)14-11-15(13-17-12-14)20-10-4-2/h11-13,19H,3-10H2,1-2H3. The van der Waals surface area contributed by atoms with Gasteiger partial charge in [0, 0.05) is 24.8 Å². The fourth-order valence-corrected chi connectivity index (χ4v) is 2.72. The van der Waals surface area contributed by atoms with Crippen LogP contribution in [0.1, 0.15) is 45.1 Å². The molecule has 0 aromatic carbocycles. The third kappa shape index (κ3) is 3.70. The molecular weight excluding hydrogens is 252 g/mol. The van der Waals surface area contributed by atoms with Crippen molar-refractivity contribution < 1.29 is 9.84 Å². The van der Waals surface area contributed by atoms with Crippen LogP contribution in [0.25, 0.3) is 0 Å². The van der Waals surface area contributed by atoms with Gasteiger partial charge >= 0.3 is 0 Å². The van der Waals surface area contributed by atoms with Crippen molar-refractivity contribution >= 4 is 0 Å². The predicted molar refractivity (Wildman–Crippen MR) is 79.9 cm³/mol. The summed E-state index contributed by atoms with van der Waals surface area (Å²) in [7, 11) is 0. The lowest BCUT2D eigenvalue weighted by atomic mass is 9.85. The van der Waals surface area contributed by atoms with E-state index >= 15 is 0 Å². The molecule has 4 heteroatoms. The largest absolute Gasteiger partial charge is 0.492 e. The predicted octanol–water partition coefficient (Wildman–Crippen LogP) is 2.56. The van der Waals surface area contributed by atoms with Crippen molar-refractivity contribution in [2.75, 3.05) is 26.2 Å². The highest BCUT2D eigenvalue weighted by Gasteiger charge is 2.34. The molecule has 0 atom stereocenters. The van der Waals surface area contributed by atoms with Gasteiger partial charge in [-0.2, -0.15) is 0 Å². The molecule has 20 heavy (non-hydrogen) atoms. The zero-order chi connectivity index (χ0) is 14.4. The van der Waals surface area contributed by atoms with Gasteiger partial charge in [0.05, 0.1) is 18.4 Å². The lowest BCUT2D eigenvalue weighted by Gasteiger charge is -2.38. The summed E-state index contributed by atoms with van der Waals surface area (Å²) >= 11 is 0. The van der Waals surface area contributed by atoms with Crippen LogP contribution in [0.3, 0.4) is 0 Å². The molecule has 0 radical (unpaired) electrons. The molecule has 0 amide bonds. The van der Waals surface area contributed by atoms with Gasteiger partial charge in [0.15, 0.2) is 0 Å². The summed E-state index contributed by atoms with van der Waals surface area (Å²) in [6, 6.07) is 1.94. The van der Waals surface area contributed by atoms with Crippen LogP contribution in [-0.4, -0.2) is 41.2 Å². The monoisotopic (exact) mass is 278 g/mol. The molecule has 1 aromatic rings. The average Bonchev–Trinajstić information content (AvgIpc) is 2.48. The van der Waals surface area contributed by atoms with Gasteiger partial charge in [-0.1, -0.05) is 13.8 Å². The fourth-order valence-electron chi connectivity index (χ4n) is 2.72. The van der Waals surface area contributed by atoms with Gasteiger partial charge in [0.2, 0.25) is 0 Å². The third-order valence-electron chi connectivity index (χ3n) is 3.95. The van der Waals surface area contributed by atoms with Gasteiger partial charge in [0.25, 0.3) is 0 Å². The Bertz CT molecular complexity index is 415. The second kappa shape index (κ2) is 7.04. The molecule has 1 fully saturated rings. The average molecular weight is 278 g/mol. The molecule has 0 aliphatic carbocycles. The Morgan fingerprint density at radius 1 is 1.25 bits per heavy atom. The number of aromatic nitrogens is 1. The zero-order valence-corrected chi connectivity index (χ0v) is 12.6. The molecule has 2 rings (SSSR count). The minimum atomic E-state index is -0.747. The number of ether oxygens (including phenoxy) is 1. The van der Waals surface area contributed by atoms with E-state index in [0.717, 1.165) is 50.2 Å². The maximum Gasteiger partial charge on any atom is 0.137 e. The highest BCUT2D eigenvalue weighted by molar-refractivity contribution is 5.28. The fraction of sp³-hybridized carbons (Fsp3) is 0.688. The number of hydrogen-bond acceptors (Lipinski definition) is 4. The molecule has 1 aromatic heterocycles. The lowest BCUT2D eigenvalue weighted by molar-refractivity contribution is -0.0262. The number of hydrogen-bond donors (Lipinski definition) is 1. The van der Waals surface area contributed by atoms with Crippen molar-refractivity contribution in [1.29, 1.82) is 0 Å². The summed E-state index contributed by atoms with van der Waals surface area (Å²) in [5.41, 5.74) is 0.144. The van der Waals surface area contributed by atoms with E-state index in [9.17, 15) is 5.11 Å². The van der Waals surface area contributed by atoms with Crippen LogP contribution in [0.5, 0.6) is 5.75 Å². The Kier molecular flexibility index (Phi) is 5.38. The number of aliphatic hydroxyl groups is 1. The van der Waals surface area contributed by atoms with Crippen molar-refractivity contribution in [2.45, 2.75) is 45.1 Å². The maximum absolute atomic E-state index is 10.9. The Morgan fingerprint density at radius 2 is 2.00 bits per heavy atom. The highest BCUT2D eigenvalue weighted by atomic mass is 16.5. The van der Waals surface area contributed by atoms with Crippen LogP contribution in [0.15, 0.2) is 18.5 Å². The normalized spacial score (nSPS) is 18.9. The van der Waals surface area contributed by atoms with Gasteiger partial charge in [-0.05, 0) is 38.3 Å². The van der Waals surface area contributed by atoms with E-state index in [1.165, 1.54) is 6.42 Å². The first kappa shape index (κ1) is 15.3. The van der Waals surface area contributed by atoms with Crippen LogP contribution >= 0.6 is 0 Å². The molecule has 2 heterocycles. The van der Waals surface area contributed by atoms with Crippen LogP contribution in [0.2, 0.25) is 0 Å². The first-order valence-corrected chi connectivity index (χ1v) is 7.71. The molecule has 0 unspecified atom stereocenters. The molecule has 112 valence electrons. The molecule has 0 spiro atoms. The van der Waals surface area contributed by atoms with Crippen molar-refractivity contribution in [3.05, 3.63) is 24.0 Å². The van der Waals surface area contributed by atoms with E-state index in [2.05, 4.69) is 23.7 Å². The first-order valence-electron chi connectivity index (χ1n) is 7.71. The highest BCUT2D eigenvalue weighted by Crippen LogP contribution is 2.33. The smallest absolute Gasteiger partial charge is 0.137 e. The number of piperidine rings is 1. The number of rotatable bonds is 6. The van der Waals surface area contributed by atoms with E-state index in [-0.39, 0.29) is 0 Å². The Labute approximate surface area is 121 Å². The SMILES string of the molecule is CCCOc1cncc(C2(O)CCN(CCC)CC2)c1. The number of nitrogens with zero attached hydrogens (tertiary/aromatic N) is 2. The lowest BCUT2D eigenvalue weighted by Crippen LogP contribution is -2.42. The van der Waals surface area contributed by atoms with E-state index in [4.69, 9.17) is 4.74 Å². The Morgan fingerprint density at radius 3 is 2.65 bits per heavy atom. The summed E-state index contributed by atoms with van der Waals surface area (Å²) in [6.45, 7) is 7.98. The van der Waals surface area contributed by atoms with Crippen LogP contribution in [0, 0.1) is 0 Å². The van der Waals surface area contributed by atoms with Gasteiger partial charge in [-0.15, -0.1) is 0 Å². The van der Waals surface area contributed by atoms with Crippen LogP contribution in [0.4, 0.5) is 0 Å². The third-order valence-corrected chi connectivity index (χ3v) is 3.95. The van der Waals surface area contributed by atoms with Gasteiger partial charge in [0.1, 0.15) is 5.75 Å². The van der Waals surface area contributed by atoms with Crippen molar-refractivity contribution in [2.24, 2.45) is 0 Å². The van der Waals surface area contributed by atoms with Crippen LogP contribution < -0.4 is 4.74 Å². The molecule has 1 aliphatic rings. The van der Waals surface area contributed by atoms with E-state index in [1.54, 1.807) is 12.4 Å². The maximum atomic E-state index is 10.9. The van der Waals surface area contributed by atoms with Crippen LogP contribution in [-0.2, 0) is 5.60 Å². The zero-order valence-electron chi connectivity index (χ0n) is 12.6. The van der Waals surface area contributed by atoms with Gasteiger partial charge in [-0.3, -0.25) is 4.98 Å². The summed E-state index contributed by atoms with van der Waals surface area (Å²) in [5.74, 6) is 0.758. The van der Waals surface area contributed by atoms with Crippen molar-refractivity contribution in [3.8, 4) is 5.75 Å². The molecule has 1 aliphatic heterocycles. The summed E-state index contributed by atoms with van der Waals surface area (Å²) < 4.78 is 5.61. The molecule has 4 nitrogen and oxygen atoms in total. The van der Waals surface area contributed by atoms with E-state index in [1.807, 2.05) is 6.07 Å². The first-order chi connectivity index (χ1) is 9.68. The Hall–Kier alpha value is -1.13. The Balaban J connectivity index is 2.03. The van der Waals surface area contributed by atoms with Crippen molar-refractivity contribution in [3.63, 3.8) is 0 Å². The topological polar surface area (TPSA) is 45.6 Å². The molecule has 1 saturated heterocycles. The minimum Gasteiger partial charge on any atom is -0.492 e.